The van der Waals surface area contributed by atoms with Crippen molar-refractivity contribution in [3.8, 4) is 0 Å². The van der Waals surface area contributed by atoms with E-state index >= 15 is 0 Å². The Morgan fingerprint density at radius 2 is 1.91 bits per heavy atom. The summed E-state index contributed by atoms with van der Waals surface area (Å²) in [5.74, 6) is 0.917. The van der Waals surface area contributed by atoms with Crippen LogP contribution < -0.4 is 10.2 Å². The van der Waals surface area contributed by atoms with Crippen LogP contribution in [0.4, 0.5) is 0 Å². The summed E-state index contributed by atoms with van der Waals surface area (Å²) in [5, 5.41) is 14.4. The molecule has 2 N–H and O–H groups in total. The number of nitrogens with zero attached hydrogens (tertiary/aromatic N) is 3. The molecule has 3 atom stereocenters. The molecule has 2 saturated heterocycles. The highest BCUT2D eigenvalue weighted by atomic mass is 16.7. The molecule has 2 aliphatic heterocycles. The zero-order valence-corrected chi connectivity index (χ0v) is 21.4. The first kappa shape index (κ1) is 24.6. The maximum Gasteiger partial charge on any atom is 0.271 e. The minimum absolute atomic E-state index is 0.0394. The van der Waals surface area contributed by atoms with Gasteiger partial charge >= 0.3 is 0 Å². The topological polar surface area (TPSA) is 70.0 Å². The van der Waals surface area contributed by atoms with Crippen molar-refractivity contribution < 1.29 is 14.7 Å². The zero-order chi connectivity index (χ0) is 24.4. The smallest absolute Gasteiger partial charge is 0.271 e. The Kier molecular flexibility index (Phi) is 7.65. The number of benzene rings is 1. The Morgan fingerprint density at radius 3 is 2.63 bits per heavy atom. The van der Waals surface area contributed by atoms with E-state index in [1.165, 1.54) is 19.3 Å². The van der Waals surface area contributed by atoms with Gasteiger partial charge in [0.15, 0.2) is 0 Å². The van der Waals surface area contributed by atoms with Crippen LogP contribution >= 0.6 is 0 Å². The standard InChI is InChI=1S/C28H42N4O3/c1-20-17-31(15-12-27(20)33)21(2)18-30-13-10-24(11-14-30)29-28(34)26-16-23-8-3-4-9-25(23)32(26)35-19-22-6-5-7-22/h3-4,8-9,16,20-22,24,27,33H,5-7,10-15,17-19H2,1-2H3,(H,29,34)/t20-,21-,27-/m0/s1. The second kappa shape index (κ2) is 10.9. The van der Waals surface area contributed by atoms with Gasteiger partial charge in [-0.25, -0.2) is 0 Å². The summed E-state index contributed by atoms with van der Waals surface area (Å²) in [4.78, 5) is 24.5. The number of piperidine rings is 2. The third kappa shape index (κ3) is 5.68. The van der Waals surface area contributed by atoms with Gasteiger partial charge in [-0.05, 0) is 63.0 Å². The number of aliphatic hydroxyl groups excluding tert-OH is 1. The molecule has 0 spiro atoms. The molecule has 7 nitrogen and oxygen atoms in total. The first-order valence-corrected chi connectivity index (χ1v) is 13.7. The van der Waals surface area contributed by atoms with Crippen LogP contribution in [0.3, 0.4) is 0 Å². The third-order valence-corrected chi connectivity index (χ3v) is 8.52. The summed E-state index contributed by atoms with van der Waals surface area (Å²) in [7, 11) is 0. The fraction of sp³-hybridized carbons (Fsp3) is 0.679. The van der Waals surface area contributed by atoms with Gasteiger partial charge < -0.3 is 20.2 Å². The highest BCUT2D eigenvalue weighted by Crippen LogP contribution is 2.27. The van der Waals surface area contributed by atoms with Crippen LogP contribution in [0.15, 0.2) is 30.3 Å². The largest absolute Gasteiger partial charge is 0.413 e. The molecule has 1 amide bonds. The highest BCUT2D eigenvalue weighted by Gasteiger charge is 2.29. The lowest BCUT2D eigenvalue weighted by Crippen LogP contribution is -2.52. The molecular formula is C28H42N4O3. The van der Waals surface area contributed by atoms with Gasteiger partial charge in [0.1, 0.15) is 12.3 Å². The lowest BCUT2D eigenvalue weighted by molar-refractivity contribution is 0.0115. The van der Waals surface area contributed by atoms with E-state index in [0.29, 0.717) is 30.2 Å². The number of carbonyl (C=O) groups excluding carboxylic acids is 1. The van der Waals surface area contributed by atoms with E-state index in [2.05, 4.69) is 29.0 Å². The SMILES string of the molecule is C[C@H]1CN([C@@H](C)CN2CCC(NC(=O)c3cc4ccccc4n3OCC3CCC3)CC2)CC[C@@H]1O. The third-order valence-electron chi connectivity index (χ3n) is 8.52. The molecule has 3 aliphatic rings. The molecule has 0 radical (unpaired) electrons. The van der Waals surface area contributed by atoms with Crippen molar-refractivity contribution in [2.75, 3.05) is 39.3 Å². The van der Waals surface area contributed by atoms with E-state index in [1.807, 2.05) is 30.3 Å². The fourth-order valence-corrected chi connectivity index (χ4v) is 5.84. The van der Waals surface area contributed by atoms with Crippen LogP contribution in [0.1, 0.15) is 62.9 Å². The predicted molar refractivity (Wildman–Crippen MR) is 138 cm³/mol. The van der Waals surface area contributed by atoms with Crippen molar-refractivity contribution in [1.29, 1.82) is 0 Å². The minimum Gasteiger partial charge on any atom is -0.413 e. The van der Waals surface area contributed by atoms with E-state index in [-0.39, 0.29) is 18.1 Å². The normalized spacial score (nSPS) is 25.9. The molecule has 1 aromatic carbocycles. The first-order valence-electron chi connectivity index (χ1n) is 13.7. The van der Waals surface area contributed by atoms with Gasteiger partial charge in [0.25, 0.3) is 5.91 Å². The molecule has 5 rings (SSSR count). The van der Waals surface area contributed by atoms with E-state index in [9.17, 15) is 9.90 Å². The second-order valence-electron chi connectivity index (χ2n) is 11.2. The van der Waals surface area contributed by atoms with Crippen molar-refractivity contribution in [3.63, 3.8) is 0 Å². The van der Waals surface area contributed by atoms with Crippen LogP contribution in [0.5, 0.6) is 0 Å². The van der Waals surface area contributed by atoms with Gasteiger partial charge in [0, 0.05) is 50.2 Å². The molecule has 35 heavy (non-hydrogen) atoms. The molecule has 7 heteroatoms. The maximum absolute atomic E-state index is 13.3. The number of hydrogen-bond acceptors (Lipinski definition) is 5. The summed E-state index contributed by atoms with van der Waals surface area (Å²) in [6, 6.07) is 10.7. The lowest BCUT2D eigenvalue weighted by atomic mass is 9.86. The quantitative estimate of drug-likeness (QED) is 0.605. The molecule has 3 fully saturated rings. The molecule has 0 bridgehead atoms. The van der Waals surface area contributed by atoms with Gasteiger partial charge in [0.2, 0.25) is 0 Å². The number of hydrogen-bond donors (Lipinski definition) is 2. The average Bonchev–Trinajstić information content (AvgIpc) is 3.20. The van der Waals surface area contributed by atoms with Crippen LogP contribution in [0.25, 0.3) is 10.9 Å². The Labute approximate surface area is 209 Å². The monoisotopic (exact) mass is 482 g/mol. The number of aromatic nitrogens is 1. The first-order chi connectivity index (χ1) is 17.0. The van der Waals surface area contributed by atoms with E-state index < -0.39 is 0 Å². The van der Waals surface area contributed by atoms with Gasteiger partial charge in [-0.3, -0.25) is 9.69 Å². The fourth-order valence-electron chi connectivity index (χ4n) is 5.84. The molecule has 3 heterocycles. The summed E-state index contributed by atoms with van der Waals surface area (Å²) in [5.41, 5.74) is 1.56. The lowest BCUT2D eigenvalue weighted by Gasteiger charge is -2.41. The number of fused-ring (bicyclic) bond motifs is 1. The van der Waals surface area contributed by atoms with Crippen molar-refractivity contribution in [3.05, 3.63) is 36.0 Å². The molecule has 192 valence electrons. The Balaban J connectivity index is 1.14. The van der Waals surface area contributed by atoms with Crippen molar-refractivity contribution in [1.82, 2.24) is 19.8 Å². The Hall–Kier alpha value is -2.09. The summed E-state index contributed by atoms with van der Waals surface area (Å²) >= 11 is 0. The van der Waals surface area contributed by atoms with Gasteiger partial charge in [0.05, 0.1) is 11.6 Å². The highest BCUT2D eigenvalue weighted by molar-refractivity contribution is 5.98. The van der Waals surface area contributed by atoms with E-state index in [0.717, 1.165) is 62.9 Å². The molecular weight excluding hydrogens is 440 g/mol. The van der Waals surface area contributed by atoms with Crippen LogP contribution in [-0.2, 0) is 0 Å². The minimum atomic E-state index is -0.153. The predicted octanol–water partition coefficient (Wildman–Crippen LogP) is 3.16. The van der Waals surface area contributed by atoms with Crippen LogP contribution in [0, 0.1) is 11.8 Å². The van der Waals surface area contributed by atoms with Crippen LogP contribution in [0.2, 0.25) is 0 Å². The van der Waals surface area contributed by atoms with Crippen molar-refractivity contribution >= 4 is 16.8 Å². The molecule has 0 unspecified atom stereocenters. The summed E-state index contributed by atoms with van der Waals surface area (Å²) < 4.78 is 1.76. The van der Waals surface area contributed by atoms with E-state index in [1.54, 1.807) is 4.73 Å². The maximum atomic E-state index is 13.3. The number of nitrogens with one attached hydrogen (secondary N) is 1. The number of aliphatic hydroxyl groups is 1. The van der Waals surface area contributed by atoms with Crippen LogP contribution in [-0.4, -0.2) is 83.1 Å². The number of carbonyl (C=O) groups is 1. The Bertz CT molecular complexity index is 995. The number of amides is 1. The molecule has 1 aliphatic carbocycles. The second-order valence-corrected chi connectivity index (χ2v) is 11.2. The van der Waals surface area contributed by atoms with Gasteiger partial charge in [-0.2, -0.15) is 4.73 Å². The molecule has 1 saturated carbocycles. The summed E-state index contributed by atoms with van der Waals surface area (Å²) in [6.07, 6.45) is 6.38. The number of rotatable bonds is 8. The van der Waals surface area contributed by atoms with E-state index in [4.69, 9.17) is 4.84 Å². The number of para-hydroxylation sites is 1. The number of likely N-dealkylation sites (tertiary alicyclic amines) is 2. The molecule has 2 aromatic rings. The summed E-state index contributed by atoms with van der Waals surface area (Å²) in [6.45, 7) is 10.1. The molecule has 1 aromatic heterocycles. The van der Waals surface area contributed by atoms with Crippen molar-refractivity contribution in [2.45, 2.75) is 70.6 Å². The van der Waals surface area contributed by atoms with Gasteiger partial charge in [-0.1, -0.05) is 31.5 Å². The average molecular weight is 483 g/mol. The van der Waals surface area contributed by atoms with Gasteiger partial charge in [-0.15, -0.1) is 0 Å². The van der Waals surface area contributed by atoms with Crippen molar-refractivity contribution in [2.24, 2.45) is 11.8 Å². The zero-order valence-electron chi connectivity index (χ0n) is 21.4. The Morgan fingerprint density at radius 1 is 1.14 bits per heavy atom.